The zero-order valence-electron chi connectivity index (χ0n) is 10.1. The van der Waals surface area contributed by atoms with Gasteiger partial charge in [0, 0.05) is 13.0 Å². The van der Waals surface area contributed by atoms with E-state index in [1.807, 2.05) is 14.0 Å². The minimum absolute atomic E-state index is 0.0893. The molecule has 0 fully saturated rings. The summed E-state index contributed by atoms with van der Waals surface area (Å²) in [6.07, 6.45) is 2.94. The Morgan fingerprint density at radius 2 is 2.38 bits per heavy atom. The van der Waals surface area contributed by atoms with E-state index in [-0.39, 0.29) is 5.78 Å². The Morgan fingerprint density at radius 1 is 1.62 bits per heavy atom. The van der Waals surface area contributed by atoms with Crippen molar-refractivity contribution in [2.75, 3.05) is 20.7 Å². The second-order valence-electron chi connectivity index (χ2n) is 3.51. The molecule has 0 bridgehead atoms. The highest BCUT2D eigenvalue weighted by atomic mass is 16.5. The van der Waals surface area contributed by atoms with Crippen LogP contribution in [0.2, 0.25) is 0 Å². The summed E-state index contributed by atoms with van der Waals surface area (Å²) in [4.78, 5) is 12.0. The standard InChI is InChI=1S/C11H19N3O2/c1-4-14-11(10(16-3)8-13-14)9(15)6-5-7-12-2/h8,12H,4-7H2,1-3H3. The molecule has 0 amide bonds. The molecule has 16 heavy (non-hydrogen) atoms. The van der Waals surface area contributed by atoms with Crippen molar-refractivity contribution in [3.8, 4) is 5.75 Å². The van der Waals surface area contributed by atoms with E-state index in [1.165, 1.54) is 0 Å². The second kappa shape index (κ2) is 6.27. The number of carbonyl (C=O) groups excluding carboxylic acids is 1. The molecule has 0 aliphatic carbocycles. The molecule has 0 unspecified atom stereocenters. The quantitative estimate of drug-likeness (QED) is 0.557. The third-order valence-electron chi connectivity index (χ3n) is 2.42. The fourth-order valence-electron chi connectivity index (χ4n) is 1.58. The van der Waals surface area contributed by atoms with E-state index in [2.05, 4.69) is 10.4 Å². The van der Waals surface area contributed by atoms with Crippen LogP contribution >= 0.6 is 0 Å². The number of aromatic nitrogens is 2. The maximum Gasteiger partial charge on any atom is 0.184 e. The Bertz CT molecular complexity index is 325. The third kappa shape index (κ3) is 2.82. The highest BCUT2D eigenvalue weighted by molar-refractivity contribution is 5.96. The van der Waals surface area contributed by atoms with Crippen LogP contribution in [0, 0.1) is 0 Å². The Balaban J connectivity index is 2.75. The van der Waals surface area contributed by atoms with E-state index in [0.29, 0.717) is 24.4 Å². The average molecular weight is 225 g/mol. The summed E-state index contributed by atoms with van der Waals surface area (Å²) in [6, 6.07) is 0. The normalized spacial score (nSPS) is 10.4. The van der Waals surface area contributed by atoms with Gasteiger partial charge in [0.05, 0.1) is 13.3 Å². The van der Waals surface area contributed by atoms with Gasteiger partial charge in [-0.15, -0.1) is 0 Å². The van der Waals surface area contributed by atoms with Crippen molar-refractivity contribution < 1.29 is 9.53 Å². The fraction of sp³-hybridized carbons (Fsp3) is 0.636. The van der Waals surface area contributed by atoms with Crippen LogP contribution in [-0.4, -0.2) is 36.3 Å². The predicted molar refractivity (Wildman–Crippen MR) is 61.9 cm³/mol. The van der Waals surface area contributed by atoms with E-state index < -0.39 is 0 Å². The van der Waals surface area contributed by atoms with Crippen LogP contribution in [0.15, 0.2) is 6.20 Å². The number of nitrogens with zero attached hydrogens (tertiary/aromatic N) is 2. The number of hydrogen-bond acceptors (Lipinski definition) is 4. The highest BCUT2D eigenvalue weighted by Crippen LogP contribution is 2.19. The van der Waals surface area contributed by atoms with Gasteiger partial charge in [0.15, 0.2) is 11.5 Å². The second-order valence-corrected chi connectivity index (χ2v) is 3.51. The summed E-state index contributed by atoms with van der Waals surface area (Å²) in [5, 5.41) is 7.13. The molecular formula is C11H19N3O2. The topological polar surface area (TPSA) is 56.2 Å². The fourth-order valence-corrected chi connectivity index (χ4v) is 1.58. The predicted octanol–water partition coefficient (Wildman–Crippen LogP) is 1.09. The lowest BCUT2D eigenvalue weighted by molar-refractivity contribution is 0.0966. The molecular weight excluding hydrogens is 206 g/mol. The number of aryl methyl sites for hydroxylation is 1. The lowest BCUT2D eigenvalue weighted by atomic mass is 10.1. The number of ether oxygens (including phenoxy) is 1. The number of hydrogen-bond donors (Lipinski definition) is 1. The molecule has 1 aromatic rings. The van der Waals surface area contributed by atoms with Crippen molar-refractivity contribution in [3.63, 3.8) is 0 Å². The minimum atomic E-state index is 0.0893. The number of methoxy groups -OCH3 is 1. The summed E-state index contributed by atoms with van der Waals surface area (Å²) in [5.74, 6) is 0.655. The molecule has 0 aromatic carbocycles. The van der Waals surface area contributed by atoms with Gasteiger partial charge in [-0.3, -0.25) is 9.48 Å². The minimum Gasteiger partial charge on any atom is -0.493 e. The van der Waals surface area contributed by atoms with Crippen molar-refractivity contribution >= 4 is 5.78 Å². The smallest absolute Gasteiger partial charge is 0.184 e. The molecule has 1 aromatic heterocycles. The van der Waals surface area contributed by atoms with Crippen molar-refractivity contribution in [2.24, 2.45) is 0 Å². The number of ketones is 1. The third-order valence-corrected chi connectivity index (χ3v) is 2.42. The van der Waals surface area contributed by atoms with Crippen molar-refractivity contribution in [1.29, 1.82) is 0 Å². The van der Waals surface area contributed by atoms with Gasteiger partial charge in [-0.05, 0) is 26.9 Å². The summed E-state index contributed by atoms with van der Waals surface area (Å²) < 4.78 is 6.82. The van der Waals surface area contributed by atoms with Crippen molar-refractivity contribution in [1.82, 2.24) is 15.1 Å². The van der Waals surface area contributed by atoms with E-state index in [4.69, 9.17) is 4.74 Å². The Labute approximate surface area is 95.8 Å². The Kier molecular flexibility index (Phi) is 4.98. The van der Waals surface area contributed by atoms with Gasteiger partial charge in [-0.25, -0.2) is 0 Å². The summed E-state index contributed by atoms with van der Waals surface area (Å²) in [5.41, 5.74) is 0.584. The van der Waals surface area contributed by atoms with Crippen LogP contribution in [0.25, 0.3) is 0 Å². The first-order chi connectivity index (χ1) is 7.74. The van der Waals surface area contributed by atoms with Crippen molar-refractivity contribution in [3.05, 3.63) is 11.9 Å². The first-order valence-corrected chi connectivity index (χ1v) is 5.52. The van der Waals surface area contributed by atoms with Gasteiger partial charge >= 0.3 is 0 Å². The average Bonchev–Trinajstić information content (AvgIpc) is 2.71. The lowest BCUT2D eigenvalue weighted by Crippen LogP contribution is -2.14. The maximum atomic E-state index is 12.0. The van der Waals surface area contributed by atoms with E-state index >= 15 is 0 Å². The molecule has 0 saturated heterocycles. The molecule has 1 heterocycles. The van der Waals surface area contributed by atoms with Crippen LogP contribution in [0.3, 0.4) is 0 Å². The van der Waals surface area contributed by atoms with Gasteiger partial charge < -0.3 is 10.1 Å². The molecule has 1 rings (SSSR count). The zero-order valence-corrected chi connectivity index (χ0v) is 10.1. The summed E-state index contributed by atoms with van der Waals surface area (Å²) in [7, 11) is 3.43. The zero-order chi connectivity index (χ0) is 12.0. The maximum absolute atomic E-state index is 12.0. The first kappa shape index (κ1) is 12.7. The van der Waals surface area contributed by atoms with Crippen LogP contribution in [0.5, 0.6) is 5.75 Å². The molecule has 0 atom stereocenters. The van der Waals surface area contributed by atoms with Crippen LogP contribution < -0.4 is 10.1 Å². The number of nitrogens with one attached hydrogen (secondary N) is 1. The molecule has 1 N–H and O–H groups in total. The number of rotatable bonds is 7. The summed E-state index contributed by atoms with van der Waals surface area (Å²) in [6.45, 7) is 3.47. The number of carbonyl (C=O) groups is 1. The first-order valence-electron chi connectivity index (χ1n) is 5.52. The molecule has 5 nitrogen and oxygen atoms in total. The van der Waals surface area contributed by atoms with Crippen molar-refractivity contribution in [2.45, 2.75) is 26.3 Å². The van der Waals surface area contributed by atoms with Crippen LogP contribution in [-0.2, 0) is 6.54 Å². The van der Waals surface area contributed by atoms with Gasteiger partial charge in [-0.2, -0.15) is 5.10 Å². The SMILES string of the molecule is CCn1ncc(OC)c1C(=O)CCCNC. The largest absolute Gasteiger partial charge is 0.493 e. The van der Waals surface area contributed by atoms with E-state index in [9.17, 15) is 4.79 Å². The molecule has 0 aliphatic heterocycles. The van der Waals surface area contributed by atoms with Crippen LogP contribution in [0.1, 0.15) is 30.3 Å². The van der Waals surface area contributed by atoms with Crippen LogP contribution in [0.4, 0.5) is 0 Å². The van der Waals surface area contributed by atoms with Gasteiger partial charge in [0.1, 0.15) is 5.69 Å². The Hall–Kier alpha value is -1.36. The van der Waals surface area contributed by atoms with Gasteiger partial charge in [-0.1, -0.05) is 0 Å². The Morgan fingerprint density at radius 3 is 2.94 bits per heavy atom. The number of Topliss-reactive ketones (excluding diaryl/α,β-unsaturated/α-hetero) is 1. The van der Waals surface area contributed by atoms with E-state index in [1.54, 1.807) is 18.0 Å². The lowest BCUT2D eigenvalue weighted by Gasteiger charge is -2.06. The summed E-state index contributed by atoms with van der Waals surface area (Å²) >= 11 is 0. The molecule has 0 radical (unpaired) electrons. The van der Waals surface area contributed by atoms with Gasteiger partial charge in [0.2, 0.25) is 0 Å². The molecule has 90 valence electrons. The monoisotopic (exact) mass is 225 g/mol. The molecule has 5 heteroatoms. The molecule has 0 aliphatic rings. The molecule has 0 spiro atoms. The van der Waals surface area contributed by atoms with Gasteiger partial charge in [0.25, 0.3) is 0 Å². The molecule has 0 saturated carbocycles. The van der Waals surface area contributed by atoms with E-state index in [0.717, 1.165) is 13.0 Å². The highest BCUT2D eigenvalue weighted by Gasteiger charge is 2.17.